The molecule has 1 amide bonds. The van der Waals surface area contributed by atoms with E-state index in [4.69, 9.17) is 11.6 Å². The van der Waals surface area contributed by atoms with Crippen LogP contribution in [0.3, 0.4) is 0 Å². The van der Waals surface area contributed by atoms with Crippen LogP contribution in [-0.2, 0) is 0 Å². The Balaban J connectivity index is 1.72. The smallest absolute Gasteiger partial charge is 0.270 e. The summed E-state index contributed by atoms with van der Waals surface area (Å²) in [5.41, 5.74) is 2.26. The average molecular weight is 385 g/mol. The van der Waals surface area contributed by atoms with E-state index in [0.717, 1.165) is 5.56 Å². The molecule has 0 aromatic heterocycles. The third-order valence-electron chi connectivity index (χ3n) is 4.64. The van der Waals surface area contributed by atoms with Gasteiger partial charge in [-0.2, -0.15) is 5.26 Å². The predicted octanol–water partition coefficient (Wildman–Crippen LogP) is 3.39. The van der Waals surface area contributed by atoms with E-state index in [0.29, 0.717) is 42.5 Å². The Morgan fingerprint density at radius 2 is 1.89 bits per heavy atom. The topological polar surface area (TPSA) is 90.5 Å². The number of aryl methyl sites for hydroxylation is 1. The van der Waals surface area contributed by atoms with E-state index in [1.54, 1.807) is 23.1 Å². The van der Waals surface area contributed by atoms with Crippen molar-refractivity contribution in [2.24, 2.45) is 0 Å². The number of nitro groups is 1. The molecule has 0 radical (unpaired) electrons. The predicted molar refractivity (Wildman–Crippen MR) is 102 cm³/mol. The lowest BCUT2D eigenvalue weighted by Crippen LogP contribution is -2.49. The van der Waals surface area contributed by atoms with Crippen LogP contribution in [0, 0.1) is 28.4 Å². The standard InChI is InChI=1S/C19H17ClN4O3/c1-13-2-3-14(11-17(13)20)19(25)23-8-6-22(7-9-23)18-5-4-16(24(26)27)10-15(18)12-21/h2-5,10-11H,6-9H2,1H3. The Morgan fingerprint density at radius 3 is 2.48 bits per heavy atom. The first-order valence-electron chi connectivity index (χ1n) is 8.39. The largest absolute Gasteiger partial charge is 0.367 e. The number of nitriles is 1. The second kappa shape index (κ2) is 7.64. The van der Waals surface area contributed by atoms with E-state index in [9.17, 15) is 20.2 Å². The van der Waals surface area contributed by atoms with E-state index < -0.39 is 4.92 Å². The van der Waals surface area contributed by atoms with Gasteiger partial charge < -0.3 is 9.80 Å². The number of hydrogen-bond donors (Lipinski definition) is 0. The van der Waals surface area contributed by atoms with Crippen molar-refractivity contribution in [3.63, 3.8) is 0 Å². The zero-order valence-electron chi connectivity index (χ0n) is 14.7. The average Bonchev–Trinajstić information content (AvgIpc) is 2.69. The molecule has 8 heteroatoms. The number of piperazine rings is 1. The number of halogens is 1. The van der Waals surface area contributed by atoms with Crippen molar-refractivity contribution in [1.82, 2.24) is 4.90 Å². The summed E-state index contributed by atoms with van der Waals surface area (Å²) in [6.07, 6.45) is 0. The molecule has 0 aliphatic carbocycles. The zero-order chi connectivity index (χ0) is 19.6. The molecule has 1 aliphatic heterocycles. The quantitative estimate of drug-likeness (QED) is 0.597. The molecular weight excluding hydrogens is 368 g/mol. The van der Waals surface area contributed by atoms with Crippen molar-refractivity contribution >= 4 is 28.9 Å². The summed E-state index contributed by atoms with van der Waals surface area (Å²) in [7, 11) is 0. The normalized spacial score (nSPS) is 14.0. The third-order valence-corrected chi connectivity index (χ3v) is 5.04. The van der Waals surface area contributed by atoms with Crippen LogP contribution in [0.15, 0.2) is 36.4 Å². The Hall–Kier alpha value is -3.11. The van der Waals surface area contributed by atoms with Crippen molar-refractivity contribution < 1.29 is 9.72 Å². The highest BCUT2D eigenvalue weighted by Gasteiger charge is 2.24. The molecule has 3 rings (SSSR count). The lowest BCUT2D eigenvalue weighted by atomic mass is 10.1. The van der Waals surface area contributed by atoms with Crippen LogP contribution >= 0.6 is 11.6 Å². The minimum Gasteiger partial charge on any atom is -0.367 e. The van der Waals surface area contributed by atoms with Gasteiger partial charge in [-0.05, 0) is 30.7 Å². The van der Waals surface area contributed by atoms with Gasteiger partial charge >= 0.3 is 0 Å². The van der Waals surface area contributed by atoms with Crippen molar-refractivity contribution in [1.29, 1.82) is 5.26 Å². The van der Waals surface area contributed by atoms with Crippen molar-refractivity contribution in [3.05, 3.63) is 68.2 Å². The van der Waals surface area contributed by atoms with Gasteiger partial charge in [0.05, 0.1) is 16.2 Å². The van der Waals surface area contributed by atoms with Crippen LogP contribution in [0.5, 0.6) is 0 Å². The first kappa shape index (κ1) is 18.7. The lowest BCUT2D eigenvalue weighted by molar-refractivity contribution is -0.384. The first-order chi connectivity index (χ1) is 12.9. The molecule has 0 N–H and O–H groups in total. The molecule has 2 aromatic carbocycles. The molecule has 1 saturated heterocycles. The highest BCUT2D eigenvalue weighted by molar-refractivity contribution is 6.31. The molecule has 0 atom stereocenters. The first-order valence-corrected chi connectivity index (χ1v) is 8.77. The Labute approximate surface area is 161 Å². The lowest BCUT2D eigenvalue weighted by Gasteiger charge is -2.36. The molecule has 0 bridgehead atoms. The van der Waals surface area contributed by atoms with Crippen molar-refractivity contribution in [2.45, 2.75) is 6.92 Å². The molecule has 0 saturated carbocycles. The fraction of sp³-hybridized carbons (Fsp3) is 0.263. The molecule has 1 aliphatic rings. The Morgan fingerprint density at radius 1 is 1.19 bits per heavy atom. The van der Waals surface area contributed by atoms with Crippen molar-refractivity contribution in [2.75, 3.05) is 31.1 Å². The van der Waals surface area contributed by atoms with Gasteiger partial charge in [0.15, 0.2) is 0 Å². The number of amides is 1. The Bertz CT molecular complexity index is 946. The monoisotopic (exact) mass is 384 g/mol. The third kappa shape index (κ3) is 3.86. The maximum Gasteiger partial charge on any atom is 0.270 e. The van der Waals surface area contributed by atoms with Crippen LogP contribution in [-0.4, -0.2) is 41.9 Å². The fourth-order valence-corrected chi connectivity index (χ4v) is 3.24. The van der Waals surface area contributed by atoms with Crippen LogP contribution in [0.4, 0.5) is 11.4 Å². The Kier molecular flexibility index (Phi) is 5.28. The number of carbonyl (C=O) groups excluding carboxylic acids is 1. The molecule has 27 heavy (non-hydrogen) atoms. The number of carbonyl (C=O) groups is 1. The number of benzene rings is 2. The number of nitrogens with zero attached hydrogens (tertiary/aromatic N) is 4. The number of anilines is 1. The SMILES string of the molecule is Cc1ccc(C(=O)N2CCN(c3ccc([N+](=O)[O-])cc3C#N)CC2)cc1Cl. The van der Waals surface area contributed by atoms with E-state index in [-0.39, 0.29) is 17.2 Å². The maximum absolute atomic E-state index is 12.7. The molecular formula is C19H17ClN4O3. The van der Waals surface area contributed by atoms with Gasteiger partial charge in [0, 0.05) is 48.9 Å². The summed E-state index contributed by atoms with van der Waals surface area (Å²) in [5, 5.41) is 20.8. The summed E-state index contributed by atoms with van der Waals surface area (Å²) in [5.74, 6) is -0.0826. The van der Waals surface area contributed by atoms with Gasteiger partial charge in [0.25, 0.3) is 11.6 Å². The van der Waals surface area contributed by atoms with E-state index in [1.165, 1.54) is 12.1 Å². The summed E-state index contributed by atoms with van der Waals surface area (Å²) >= 11 is 6.11. The molecule has 0 spiro atoms. The number of rotatable bonds is 3. The maximum atomic E-state index is 12.7. The molecule has 1 heterocycles. The minimum absolute atomic E-state index is 0.0826. The van der Waals surface area contributed by atoms with Crippen LogP contribution in [0.1, 0.15) is 21.5 Å². The van der Waals surface area contributed by atoms with Gasteiger partial charge in [0.2, 0.25) is 0 Å². The summed E-state index contributed by atoms with van der Waals surface area (Å²) < 4.78 is 0. The number of hydrogen-bond acceptors (Lipinski definition) is 5. The molecule has 1 fully saturated rings. The highest BCUT2D eigenvalue weighted by Crippen LogP contribution is 2.26. The number of nitro benzene ring substituents is 1. The van der Waals surface area contributed by atoms with Gasteiger partial charge in [-0.3, -0.25) is 14.9 Å². The fourth-order valence-electron chi connectivity index (χ4n) is 3.06. The summed E-state index contributed by atoms with van der Waals surface area (Å²) in [4.78, 5) is 26.7. The van der Waals surface area contributed by atoms with Crippen LogP contribution in [0.25, 0.3) is 0 Å². The van der Waals surface area contributed by atoms with Gasteiger partial charge in [0.1, 0.15) is 6.07 Å². The second-order valence-corrected chi connectivity index (χ2v) is 6.72. The zero-order valence-corrected chi connectivity index (χ0v) is 15.4. The van der Waals surface area contributed by atoms with E-state index >= 15 is 0 Å². The van der Waals surface area contributed by atoms with Gasteiger partial charge in [-0.15, -0.1) is 0 Å². The summed E-state index contributed by atoms with van der Waals surface area (Å²) in [6.45, 7) is 3.94. The van der Waals surface area contributed by atoms with Crippen LogP contribution in [0.2, 0.25) is 5.02 Å². The van der Waals surface area contributed by atoms with E-state index in [1.807, 2.05) is 24.0 Å². The second-order valence-electron chi connectivity index (χ2n) is 6.31. The number of non-ortho nitro benzene ring substituents is 1. The minimum atomic E-state index is -0.520. The van der Waals surface area contributed by atoms with E-state index in [2.05, 4.69) is 0 Å². The van der Waals surface area contributed by atoms with Crippen molar-refractivity contribution in [3.8, 4) is 6.07 Å². The summed E-state index contributed by atoms with van der Waals surface area (Å²) in [6, 6.07) is 11.5. The van der Waals surface area contributed by atoms with Crippen LogP contribution < -0.4 is 4.90 Å². The molecule has 2 aromatic rings. The van der Waals surface area contributed by atoms with Gasteiger partial charge in [-0.25, -0.2) is 0 Å². The molecule has 0 unspecified atom stereocenters. The molecule has 7 nitrogen and oxygen atoms in total. The molecule has 138 valence electrons. The highest BCUT2D eigenvalue weighted by atomic mass is 35.5. The van der Waals surface area contributed by atoms with Gasteiger partial charge in [-0.1, -0.05) is 17.7 Å².